The molecule has 1 unspecified atom stereocenters. The molecule has 0 radical (unpaired) electrons. The monoisotopic (exact) mass is 294 g/mol. The highest BCUT2D eigenvalue weighted by molar-refractivity contribution is 7.99. The molecule has 1 aromatic rings. The maximum Gasteiger partial charge on any atom is 0.319 e. The van der Waals surface area contributed by atoms with E-state index in [0.29, 0.717) is 5.25 Å². The van der Waals surface area contributed by atoms with Gasteiger partial charge in [0, 0.05) is 22.4 Å². The van der Waals surface area contributed by atoms with E-state index < -0.39 is 0 Å². The summed E-state index contributed by atoms with van der Waals surface area (Å²) < 4.78 is 0. The lowest BCUT2D eigenvalue weighted by Gasteiger charge is -2.13. The number of hydrogen-bond acceptors (Lipinski definition) is 2. The number of aryl methyl sites for hydroxylation is 1. The van der Waals surface area contributed by atoms with Gasteiger partial charge in [-0.3, -0.25) is 0 Å². The standard InChI is InChI=1S/C16H26N2OS/c1-5-7-10-17-16(19)18-15-9-8-14(11-12(15)3)20-13(4)6-2/h8-9,11,13H,5-7,10H2,1-4H3,(H2,17,18,19). The minimum Gasteiger partial charge on any atom is -0.338 e. The SMILES string of the molecule is CCCCNC(=O)Nc1ccc(SC(C)CC)cc1C. The van der Waals surface area contributed by atoms with Gasteiger partial charge in [0.25, 0.3) is 0 Å². The van der Waals surface area contributed by atoms with E-state index in [9.17, 15) is 4.79 Å². The van der Waals surface area contributed by atoms with Gasteiger partial charge in [0.15, 0.2) is 0 Å². The second-order valence-electron chi connectivity index (χ2n) is 5.05. The molecule has 2 amide bonds. The van der Waals surface area contributed by atoms with Crippen LogP contribution in [-0.4, -0.2) is 17.8 Å². The zero-order valence-corrected chi connectivity index (χ0v) is 13.8. The van der Waals surface area contributed by atoms with Crippen LogP contribution in [0.4, 0.5) is 10.5 Å². The van der Waals surface area contributed by atoms with Crippen LogP contribution in [0.15, 0.2) is 23.1 Å². The van der Waals surface area contributed by atoms with Gasteiger partial charge in [-0.1, -0.05) is 27.2 Å². The lowest BCUT2D eigenvalue weighted by Crippen LogP contribution is -2.29. The molecule has 2 N–H and O–H groups in total. The second kappa shape index (κ2) is 8.90. The number of thioether (sulfide) groups is 1. The largest absolute Gasteiger partial charge is 0.338 e. The minimum absolute atomic E-state index is 0.121. The predicted molar refractivity (Wildman–Crippen MR) is 88.7 cm³/mol. The molecule has 0 saturated carbocycles. The van der Waals surface area contributed by atoms with E-state index in [2.05, 4.69) is 43.5 Å². The molecule has 3 nitrogen and oxygen atoms in total. The van der Waals surface area contributed by atoms with Gasteiger partial charge in [-0.05, 0) is 43.5 Å². The lowest BCUT2D eigenvalue weighted by atomic mass is 10.2. The van der Waals surface area contributed by atoms with Crippen LogP contribution in [0.2, 0.25) is 0 Å². The van der Waals surface area contributed by atoms with Gasteiger partial charge >= 0.3 is 6.03 Å². The molecule has 1 rings (SSSR count). The third-order valence-electron chi connectivity index (χ3n) is 3.17. The number of carbonyl (C=O) groups is 1. The van der Waals surface area contributed by atoms with Gasteiger partial charge in [-0.25, -0.2) is 4.79 Å². The molecule has 0 fully saturated rings. The van der Waals surface area contributed by atoms with Gasteiger partial charge in [0.1, 0.15) is 0 Å². The quantitative estimate of drug-likeness (QED) is 0.560. The Bertz CT molecular complexity index is 434. The summed E-state index contributed by atoms with van der Waals surface area (Å²) in [7, 11) is 0. The highest BCUT2D eigenvalue weighted by atomic mass is 32.2. The number of amides is 2. The van der Waals surface area contributed by atoms with Crippen molar-refractivity contribution in [3.05, 3.63) is 23.8 Å². The van der Waals surface area contributed by atoms with E-state index in [1.54, 1.807) is 0 Å². The smallest absolute Gasteiger partial charge is 0.319 e. The first-order chi connectivity index (χ1) is 9.56. The van der Waals surface area contributed by atoms with Crippen LogP contribution < -0.4 is 10.6 Å². The van der Waals surface area contributed by atoms with Crippen molar-refractivity contribution in [2.24, 2.45) is 0 Å². The Hall–Kier alpha value is -1.16. The van der Waals surface area contributed by atoms with Gasteiger partial charge in [0.2, 0.25) is 0 Å². The summed E-state index contributed by atoms with van der Waals surface area (Å²) >= 11 is 1.87. The number of unbranched alkanes of at least 4 members (excludes halogenated alkanes) is 1. The molecule has 4 heteroatoms. The fourth-order valence-electron chi connectivity index (χ4n) is 1.71. The second-order valence-corrected chi connectivity index (χ2v) is 6.56. The van der Waals surface area contributed by atoms with Crippen molar-refractivity contribution in [3.63, 3.8) is 0 Å². The highest BCUT2D eigenvalue weighted by Crippen LogP contribution is 2.28. The summed E-state index contributed by atoms with van der Waals surface area (Å²) in [5.74, 6) is 0. The maximum absolute atomic E-state index is 11.7. The fourth-order valence-corrected chi connectivity index (χ4v) is 2.73. The Kier molecular flexibility index (Phi) is 7.52. The van der Waals surface area contributed by atoms with Crippen LogP contribution in [0.5, 0.6) is 0 Å². The molecule has 20 heavy (non-hydrogen) atoms. The molecule has 0 aromatic heterocycles. The first-order valence-electron chi connectivity index (χ1n) is 7.39. The van der Waals surface area contributed by atoms with E-state index in [4.69, 9.17) is 0 Å². The van der Waals surface area contributed by atoms with Crippen LogP contribution in [-0.2, 0) is 0 Å². The minimum atomic E-state index is -0.121. The average Bonchev–Trinajstić information content (AvgIpc) is 2.42. The van der Waals surface area contributed by atoms with Crippen molar-refractivity contribution in [1.29, 1.82) is 0 Å². The number of benzene rings is 1. The van der Waals surface area contributed by atoms with Gasteiger partial charge < -0.3 is 10.6 Å². The number of nitrogens with one attached hydrogen (secondary N) is 2. The number of carbonyl (C=O) groups excluding carboxylic acids is 1. The molecular weight excluding hydrogens is 268 g/mol. The first kappa shape index (κ1) is 16.9. The summed E-state index contributed by atoms with van der Waals surface area (Å²) in [5.41, 5.74) is 1.98. The highest BCUT2D eigenvalue weighted by Gasteiger charge is 2.06. The number of anilines is 1. The van der Waals surface area contributed by atoms with Crippen molar-refractivity contribution < 1.29 is 4.79 Å². The van der Waals surface area contributed by atoms with E-state index in [0.717, 1.165) is 37.1 Å². The lowest BCUT2D eigenvalue weighted by molar-refractivity contribution is 0.252. The molecule has 0 heterocycles. The Morgan fingerprint density at radius 1 is 1.35 bits per heavy atom. The molecule has 0 aliphatic rings. The van der Waals surface area contributed by atoms with Crippen molar-refractivity contribution in [3.8, 4) is 0 Å². The maximum atomic E-state index is 11.7. The molecule has 0 aliphatic heterocycles. The zero-order valence-electron chi connectivity index (χ0n) is 13.0. The van der Waals surface area contributed by atoms with Crippen molar-refractivity contribution in [2.75, 3.05) is 11.9 Å². The Labute approximate surface area is 126 Å². The first-order valence-corrected chi connectivity index (χ1v) is 8.27. The molecule has 1 aromatic carbocycles. The molecule has 0 saturated heterocycles. The Balaban J connectivity index is 2.57. The van der Waals surface area contributed by atoms with Crippen LogP contribution in [0.25, 0.3) is 0 Å². The van der Waals surface area contributed by atoms with Gasteiger partial charge in [-0.2, -0.15) is 0 Å². The van der Waals surface area contributed by atoms with E-state index in [1.165, 1.54) is 4.90 Å². The van der Waals surface area contributed by atoms with Crippen LogP contribution in [0.3, 0.4) is 0 Å². The summed E-state index contributed by atoms with van der Waals surface area (Å²) in [6.45, 7) is 9.29. The summed E-state index contributed by atoms with van der Waals surface area (Å²) in [4.78, 5) is 13.0. The molecule has 0 aliphatic carbocycles. The number of urea groups is 1. The van der Waals surface area contributed by atoms with Gasteiger partial charge in [0.05, 0.1) is 0 Å². The summed E-state index contributed by atoms with van der Waals surface area (Å²) in [6.07, 6.45) is 3.25. The third kappa shape index (κ3) is 5.87. The molecule has 0 spiro atoms. The average molecular weight is 294 g/mol. The van der Waals surface area contributed by atoms with Crippen molar-refractivity contribution >= 4 is 23.5 Å². The molecule has 1 atom stereocenters. The van der Waals surface area contributed by atoms with Crippen LogP contribution in [0, 0.1) is 6.92 Å². The molecule has 0 bridgehead atoms. The van der Waals surface area contributed by atoms with Crippen LogP contribution in [0.1, 0.15) is 45.6 Å². The molecule has 112 valence electrons. The third-order valence-corrected chi connectivity index (χ3v) is 4.44. The van der Waals surface area contributed by atoms with Crippen molar-refractivity contribution in [1.82, 2.24) is 5.32 Å². The number of hydrogen-bond donors (Lipinski definition) is 2. The Morgan fingerprint density at radius 3 is 2.70 bits per heavy atom. The summed E-state index contributed by atoms with van der Waals surface area (Å²) in [5, 5.41) is 6.38. The zero-order chi connectivity index (χ0) is 15.0. The predicted octanol–water partition coefficient (Wildman–Crippen LogP) is 4.81. The fraction of sp³-hybridized carbons (Fsp3) is 0.562. The van der Waals surface area contributed by atoms with E-state index >= 15 is 0 Å². The van der Waals surface area contributed by atoms with Crippen molar-refractivity contribution in [2.45, 2.75) is 57.1 Å². The van der Waals surface area contributed by atoms with Gasteiger partial charge in [-0.15, -0.1) is 11.8 Å². The normalized spacial score (nSPS) is 12.0. The number of rotatable bonds is 7. The van der Waals surface area contributed by atoms with Crippen LogP contribution >= 0.6 is 11.8 Å². The summed E-state index contributed by atoms with van der Waals surface area (Å²) in [6, 6.07) is 6.08. The van der Waals surface area contributed by atoms with E-state index in [1.807, 2.05) is 24.8 Å². The topological polar surface area (TPSA) is 41.1 Å². The molecular formula is C16H26N2OS. The Morgan fingerprint density at radius 2 is 2.10 bits per heavy atom. The van der Waals surface area contributed by atoms with E-state index in [-0.39, 0.29) is 6.03 Å².